The minimum Gasteiger partial charge on any atom is -0.496 e. The number of para-hydroxylation sites is 1. The highest BCUT2D eigenvalue weighted by Crippen LogP contribution is 2.32. The van der Waals surface area contributed by atoms with E-state index in [0.717, 1.165) is 0 Å². The van der Waals surface area contributed by atoms with Crippen molar-refractivity contribution >= 4 is 17.6 Å². The minimum absolute atomic E-state index is 0.139. The molecule has 2 rings (SSSR count). The summed E-state index contributed by atoms with van der Waals surface area (Å²) in [5.74, 6) is 0.639. The SMILES string of the molecule is CCOc1cc(/C=C(\C(=O)O)c2ccccc2OC)ccc1OC. The van der Waals surface area contributed by atoms with Crippen molar-refractivity contribution in [2.75, 3.05) is 20.8 Å². The number of rotatable bonds is 7. The first kappa shape index (κ1) is 17.4. The normalized spacial score (nSPS) is 11.0. The molecule has 0 radical (unpaired) electrons. The molecule has 2 aromatic rings. The van der Waals surface area contributed by atoms with Gasteiger partial charge >= 0.3 is 5.97 Å². The third-order valence-electron chi connectivity index (χ3n) is 3.43. The molecule has 0 aliphatic heterocycles. The summed E-state index contributed by atoms with van der Waals surface area (Å²) in [7, 11) is 3.07. The quantitative estimate of drug-likeness (QED) is 0.620. The highest BCUT2D eigenvalue weighted by molar-refractivity contribution is 6.21. The molecule has 2 aromatic carbocycles. The van der Waals surface area contributed by atoms with Crippen LogP contribution in [0.5, 0.6) is 17.2 Å². The second-order valence-corrected chi connectivity index (χ2v) is 4.91. The second-order valence-electron chi connectivity index (χ2n) is 4.91. The van der Waals surface area contributed by atoms with E-state index >= 15 is 0 Å². The summed E-state index contributed by atoms with van der Waals surface area (Å²) < 4.78 is 16.0. The van der Waals surface area contributed by atoms with Gasteiger partial charge in [-0.2, -0.15) is 0 Å². The first-order valence-corrected chi connectivity index (χ1v) is 7.50. The van der Waals surface area contributed by atoms with Crippen LogP contribution in [0.15, 0.2) is 42.5 Å². The molecule has 0 saturated heterocycles. The van der Waals surface area contributed by atoms with Gasteiger partial charge in [-0.05, 0) is 36.8 Å². The van der Waals surface area contributed by atoms with E-state index in [-0.39, 0.29) is 5.57 Å². The van der Waals surface area contributed by atoms with E-state index in [4.69, 9.17) is 14.2 Å². The Morgan fingerprint density at radius 2 is 1.75 bits per heavy atom. The van der Waals surface area contributed by atoms with Crippen molar-refractivity contribution in [3.63, 3.8) is 0 Å². The second kappa shape index (κ2) is 8.06. The Labute approximate surface area is 141 Å². The number of carboxylic acids is 1. The van der Waals surface area contributed by atoms with E-state index in [2.05, 4.69) is 0 Å². The molecule has 5 nitrogen and oxygen atoms in total. The third kappa shape index (κ3) is 3.87. The van der Waals surface area contributed by atoms with E-state index in [0.29, 0.717) is 35.0 Å². The minimum atomic E-state index is -1.03. The van der Waals surface area contributed by atoms with Crippen LogP contribution in [0.25, 0.3) is 11.6 Å². The van der Waals surface area contributed by atoms with Gasteiger partial charge in [0, 0.05) is 5.56 Å². The summed E-state index contributed by atoms with van der Waals surface area (Å²) >= 11 is 0. The molecule has 0 bridgehead atoms. The smallest absolute Gasteiger partial charge is 0.336 e. The first-order valence-electron chi connectivity index (χ1n) is 7.50. The van der Waals surface area contributed by atoms with Crippen molar-refractivity contribution in [1.82, 2.24) is 0 Å². The van der Waals surface area contributed by atoms with Gasteiger partial charge in [0.15, 0.2) is 11.5 Å². The molecule has 0 aliphatic carbocycles. The van der Waals surface area contributed by atoms with Crippen molar-refractivity contribution in [3.8, 4) is 17.2 Å². The van der Waals surface area contributed by atoms with E-state index in [9.17, 15) is 9.90 Å². The maximum Gasteiger partial charge on any atom is 0.336 e. The summed E-state index contributed by atoms with van der Waals surface area (Å²) in [5, 5.41) is 9.60. The van der Waals surface area contributed by atoms with Crippen molar-refractivity contribution in [1.29, 1.82) is 0 Å². The van der Waals surface area contributed by atoms with Gasteiger partial charge in [-0.1, -0.05) is 24.3 Å². The van der Waals surface area contributed by atoms with Gasteiger partial charge in [0.1, 0.15) is 5.75 Å². The van der Waals surface area contributed by atoms with Crippen LogP contribution in [0.3, 0.4) is 0 Å². The van der Waals surface area contributed by atoms with Gasteiger partial charge in [0.05, 0.1) is 26.4 Å². The maximum absolute atomic E-state index is 11.7. The van der Waals surface area contributed by atoms with Crippen LogP contribution < -0.4 is 14.2 Å². The number of carboxylic acid groups (broad SMARTS) is 1. The van der Waals surface area contributed by atoms with Crippen LogP contribution in [-0.4, -0.2) is 31.9 Å². The largest absolute Gasteiger partial charge is 0.496 e. The monoisotopic (exact) mass is 328 g/mol. The molecule has 1 N–H and O–H groups in total. The molecule has 0 fully saturated rings. The topological polar surface area (TPSA) is 65.0 Å². The van der Waals surface area contributed by atoms with Crippen LogP contribution in [0.1, 0.15) is 18.1 Å². The lowest BCUT2D eigenvalue weighted by Gasteiger charge is -2.11. The lowest BCUT2D eigenvalue weighted by atomic mass is 10.0. The lowest BCUT2D eigenvalue weighted by Crippen LogP contribution is -2.02. The Morgan fingerprint density at radius 3 is 2.38 bits per heavy atom. The van der Waals surface area contributed by atoms with Crippen LogP contribution in [-0.2, 0) is 4.79 Å². The van der Waals surface area contributed by atoms with Crippen molar-refractivity contribution in [2.45, 2.75) is 6.92 Å². The summed E-state index contributed by atoms with van der Waals surface area (Å²) in [6, 6.07) is 12.3. The van der Waals surface area contributed by atoms with Crippen molar-refractivity contribution in [3.05, 3.63) is 53.6 Å². The van der Waals surface area contributed by atoms with E-state index < -0.39 is 5.97 Å². The van der Waals surface area contributed by atoms with E-state index in [1.165, 1.54) is 7.11 Å². The zero-order chi connectivity index (χ0) is 17.5. The molecule has 24 heavy (non-hydrogen) atoms. The predicted octanol–water partition coefficient (Wildman–Crippen LogP) is 3.73. The zero-order valence-electron chi connectivity index (χ0n) is 13.9. The fraction of sp³-hybridized carbons (Fsp3) is 0.211. The predicted molar refractivity (Wildman–Crippen MR) is 92.7 cm³/mol. The number of hydrogen-bond donors (Lipinski definition) is 1. The molecule has 0 aliphatic rings. The van der Waals surface area contributed by atoms with Crippen LogP contribution in [0, 0.1) is 0 Å². The van der Waals surface area contributed by atoms with Crippen LogP contribution in [0.4, 0.5) is 0 Å². The third-order valence-corrected chi connectivity index (χ3v) is 3.43. The van der Waals surface area contributed by atoms with Gasteiger partial charge < -0.3 is 19.3 Å². The molecule has 0 aromatic heterocycles. The number of carbonyl (C=O) groups is 1. The Morgan fingerprint density at radius 1 is 1.04 bits per heavy atom. The molecular weight excluding hydrogens is 308 g/mol. The van der Waals surface area contributed by atoms with Crippen LogP contribution >= 0.6 is 0 Å². The Hall–Kier alpha value is -2.95. The molecule has 0 saturated carbocycles. The van der Waals surface area contributed by atoms with Gasteiger partial charge in [0.25, 0.3) is 0 Å². The van der Waals surface area contributed by atoms with Crippen molar-refractivity contribution in [2.24, 2.45) is 0 Å². The van der Waals surface area contributed by atoms with Crippen LogP contribution in [0.2, 0.25) is 0 Å². The number of ether oxygens (including phenoxy) is 3. The van der Waals surface area contributed by atoms with Gasteiger partial charge in [-0.25, -0.2) is 4.79 Å². The zero-order valence-corrected chi connectivity index (χ0v) is 13.9. The average Bonchev–Trinajstić information content (AvgIpc) is 2.60. The van der Waals surface area contributed by atoms with Gasteiger partial charge in [-0.15, -0.1) is 0 Å². The molecule has 0 atom stereocenters. The Balaban J connectivity index is 2.52. The number of aliphatic carboxylic acids is 1. The standard InChI is InChI=1S/C19H20O5/c1-4-24-18-12-13(9-10-17(18)23-3)11-15(19(20)21)14-7-5-6-8-16(14)22-2/h5-12H,4H2,1-3H3,(H,20,21)/b15-11-. The van der Waals surface area contributed by atoms with E-state index in [1.807, 2.05) is 6.92 Å². The van der Waals surface area contributed by atoms with Gasteiger partial charge in [0.2, 0.25) is 0 Å². The Bertz CT molecular complexity index is 749. The fourth-order valence-electron chi connectivity index (χ4n) is 2.34. The summed E-state index contributed by atoms with van der Waals surface area (Å²) in [6.07, 6.45) is 1.59. The lowest BCUT2D eigenvalue weighted by molar-refractivity contribution is -0.130. The molecule has 0 heterocycles. The maximum atomic E-state index is 11.7. The highest BCUT2D eigenvalue weighted by atomic mass is 16.5. The van der Waals surface area contributed by atoms with E-state index in [1.54, 1.807) is 55.7 Å². The number of hydrogen-bond acceptors (Lipinski definition) is 4. The molecule has 126 valence electrons. The summed E-state index contributed by atoms with van der Waals surface area (Å²) in [5.41, 5.74) is 1.35. The Kier molecular flexibility index (Phi) is 5.84. The number of benzene rings is 2. The molecule has 0 unspecified atom stereocenters. The summed E-state index contributed by atoms with van der Waals surface area (Å²) in [4.78, 5) is 11.7. The van der Waals surface area contributed by atoms with Gasteiger partial charge in [-0.3, -0.25) is 0 Å². The van der Waals surface area contributed by atoms with Crippen molar-refractivity contribution < 1.29 is 24.1 Å². The number of methoxy groups -OCH3 is 2. The highest BCUT2D eigenvalue weighted by Gasteiger charge is 2.15. The molecule has 0 amide bonds. The molecule has 0 spiro atoms. The molecular formula is C19H20O5. The first-order chi connectivity index (χ1) is 11.6. The fourth-order valence-corrected chi connectivity index (χ4v) is 2.34. The summed E-state index contributed by atoms with van der Waals surface area (Å²) in [6.45, 7) is 2.36. The average molecular weight is 328 g/mol. The molecule has 5 heteroatoms.